The zero-order valence-electron chi connectivity index (χ0n) is 20.8. The van der Waals surface area contributed by atoms with Crippen LogP contribution < -0.4 is 10.1 Å². The van der Waals surface area contributed by atoms with Crippen LogP contribution in [0.5, 0.6) is 5.75 Å². The van der Waals surface area contributed by atoms with Gasteiger partial charge >= 0.3 is 6.18 Å². The van der Waals surface area contributed by atoms with E-state index in [4.69, 9.17) is 9.47 Å². The number of H-pyrrole nitrogens is 1. The predicted octanol–water partition coefficient (Wildman–Crippen LogP) is 5.07. The summed E-state index contributed by atoms with van der Waals surface area (Å²) in [5.74, 6) is 1.11. The van der Waals surface area contributed by atoms with Gasteiger partial charge in [0.05, 0.1) is 17.9 Å². The van der Waals surface area contributed by atoms with Gasteiger partial charge in [0.25, 0.3) is 5.91 Å². The average molecular weight is 531 g/mol. The largest absolute Gasteiger partial charge is 0.493 e. The molecule has 0 spiro atoms. The fourth-order valence-electron chi connectivity index (χ4n) is 4.92. The fourth-order valence-corrected chi connectivity index (χ4v) is 4.92. The van der Waals surface area contributed by atoms with Crippen molar-refractivity contribution in [2.75, 3.05) is 25.1 Å². The molecule has 3 aromatic rings. The summed E-state index contributed by atoms with van der Waals surface area (Å²) in [6.45, 7) is 1.69. The third kappa shape index (κ3) is 6.47. The van der Waals surface area contributed by atoms with Crippen LogP contribution in [-0.4, -0.2) is 50.9 Å². The quantitative estimate of drug-likeness (QED) is 0.418. The molecule has 9 nitrogen and oxygen atoms in total. The molecule has 1 saturated carbocycles. The molecule has 3 heterocycles. The van der Waals surface area contributed by atoms with Gasteiger partial charge in [-0.15, -0.1) is 5.10 Å². The SMILES string of the molecule is O=C(Nc1cc(-c2cc(OCC3CCOCC3)ccc2C(F)(F)F)ncn1)c1n[nH]c(CC2CCCC2)n1. The maximum atomic E-state index is 13.8. The van der Waals surface area contributed by atoms with Gasteiger partial charge in [0, 0.05) is 31.3 Å². The maximum Gasteiger partial charge on any atom is 0.417 e. The van der Waals surface area contributed by atoms with Crippen LogP contribution in [0.2, 0.25) is 0 Å². The normalized spacial score (nSPS) is 17.0. The summed E-state index contributed by atoms with van der Waals surface area (Å²) in [6, 6.07) is 4.90. The number of hydrogen-bond donors (Lipinski definition) is 2. The first-order valence-corrected chi connectivity index (χ1v) is 12.8. The molecule has 1 aromatic carbocycles. The Hall–Kier alpha value is -3.54. The third-order valence-corrected chi connectivity index (χ3v) is 7.00. The molecule has 2 aromatic heterocycles. The Kier molecular flexibility index (Phi) is 7.87. The van der Waals surface area contributed by atoms with Crippen molar-refractivity contribution in [1.82, 2.24) is 25.1 Å². The lowest BCUT2D eigenvalue weighted by atomic mass is 10.0. The number of halogens is 3. The number of aromatic nitrogens is 5. The molecular weight excluding hydrogens is 501 g/mol. The summed E-state index contributed by atoms with van der Waals surface area (Å²) in [5, 5.41) is 9.35. The Morgan fingerprint density at radius 3 is 2.63 bits per heavy atom. The maximum absolute atomic E-state index is 13.8. The van der Waals surface area contributed by atoms with Crippen molar-refractivity contribution in [3.8, 4) is 17.0 Å². The molecular formula is C26H29F3N6O3. The third-order valence-electron chi connectivity index (χ3n) is 7.00. The topological polar surface area (TPSA) is 115 Å². The second-order valence-electron chi connectivity index (χ2n) is 9.77. The summed E-state index contributed by atoms with van der Waals surface area (Å²) in [4.78, 5) is 25.0. The lowest BCUT2D eigenvalue weighted by Gasteiger charge is -2.22. The number of ether oxygens (including phenoxy) is 2. The molecule has 5 rings (SSSR count). The highest BCUT2D eigenvalue weighted by molar-refractivity contribution is 6.01. The molecule has 2 N–H and O–H groups in total. The van der Waals surface area contributed by atoms with Crippen molar-refractivity contribution in [3.05, 3.63) is 47.8 Å². The minimum atomic E-state index is -4.61. The second kappa shape index (κ2) is 11.5. The lowest BCUT2D eigenvalue weighted by Crippen LogP contribution is -2.21. The molecule has 1 aliphatic heterocycles. The van der Waals surface area contributed by atoms with E-state index in [0.717, 1.165) is 44.5 Å². The number of carbonyl (C=O) groups excluding carboxylic acids is 1. The van der Waals surface area contributed by atoms with Crippen molar-refractivity contribution in [3.63, 3.8) is 0 Å². The van der Waals surface area contributed by atoms with Gasteiger partial charge in [0.2, 0.25) is 5.82 Å². The standard InChI is InChI=1S/C26H29F3N6O3/c27-26(28,29)20-6-5-18(38-14-17-7-9-37-10-8-17)12-19(20)21-13-22(31-15-30-21)33-25(36)24-32-23(34-35-24)11-16-3-1-2-4-16/h5-6,12-13,15-17H,1-4,7-11,14H2,(H,32,34,35)(H,30,31,33,36). The van der Waals surface area contributed by atoms with Crippen molar-refractivity contribution in [2.24, 2.45) is 11.8 Å². The van der Waals surface area contributed by atoms with Crippen molar-refractivity contribution >= 4 is 11.7 Å². The number of nitrogens with zero attached hydrogens (tertiary/aromatic N) is 4. The average Bonchev–Trinajstić information content (AvgIpc) is 3.60. The van der Waals surface area contributed by atoms with Crippen LogP contribution in [0.3, 0.4) is 0 Å². The van der Waals surface area contributed by atoms with Crippen molar-refractivity contribution in [2.45, 2.75) is 51.1 Å². The van der Waals surface area contributed by atoms with Crippen LogP contribution in [0.4, 0.5) is 19.0 Å². The number of aromatic amines is 1. The summed E-state index contributed by atoms with van der Waals surface area (Å²) in [5.41, 5.74) is -1.04. The summed E-state index contributed by atoms with van der Waals surface area (Å²) < 4.78 is 52.7. The van der Waals surface area contributed by atoms with E-state index in [2.05, 4.69) is 30.5 Å². The van der Waals surface area contributed by atoms with E-state index in [-0.39, 0.29) is 28.8 Å². The number of nitrogens with one attached hydrogen (secondary N) is 2. The smallest absolute Gasteiger partial charge is 0.417 e. The zero-order valence-corrected chi connectivity index (χ0v) is 20.8. The van der Waals surface area contributed by atoms with Gasteiger partial charge < -0.3 is 14.8 Å². The number of hydrogen-bond acceptors (Lipinski definition) is 7. The molecule has 2 aliphatic rings. The van der Waals surface area contributed by atoms with Crippen LogP contribution in [-0.2, 0) is 17.3 Å². The van der Waals surface area contributed by atoms with Crippen LogP contribution in [0.1, 0.15) is 60.5 Å². The minimum Gasteiger partial charge on any atom is -0.493 e. The molecule has 1 saturated heterocycles. The Bertz CT molecular complexity index is 1250. The Balaban J connectivity index is 1.32. The van der Waals surface area contributed by atoms with Gasteiger partial charge in [0.15, 0.2) is 0 Å². The van der Waals surface area contributed by atoms with E-state index in [9.17, 15) is 18.0 Å². The molecule has 38 heavy (non-hydrogen) atoms. The molecule has 1 aliphatic carbocycles. The first-order chi connectivity index (χ1) is 18.3. The number of rotatable bonds is 8. The van der Waals surface area contributed by atoms with Gasteiger partial charge in [-0.3, -0.25) is 9.89 Å². The number of amides is 1. The van der Waals surface area contributed by atoms with Gasteiger partial charge in [-0.1, -0.05) is 25.7 Å². The van der Waals surface area contributed by atoms with Crippen LogP contribution in [0.25, 0.3) is 11.3 Å². The highest BCUT2D eigenvalue weighted by Gasteiger charge is 2.34. The number of alkyl halides is 3. The second-order valence-corrected chi connectivity index (χ2v) is 9.77. The minimum absolute atomic E-state index is 0.00366. The van der Waals surface area contributed by atoms with Gasteiger partial charge in [-0.25, -0.2) is 15.0 Å². The highest BCUT2D eigenvalue weighted by Crippen LogP contribution is 2.39. The highest BCUT2D eigenvalue weighted by atomic mass is 19.4. The summed E-state index contributed by atoms with van der Waals surface area (Å²) in [6.07, 6.45) is 3.56. The van der Waals surface area contributed by atoms with Crippen molar-refractivity contribution in [1.29, 1.82) is 0 Å². The molecule has 202 valence electrons. The lowest BCUT2D eigenvalue weighted by molar-refractivity contribution is -0.137. The fraction of sp³-hybridized carbons (Fsp3) is 0.500. The van der Waals surface area contributed by atoms with E-state index in [1.807, 2.05) is 0 Å². The van der Waals surface area contributed by atoms with Crippen LogP contribution in [0, 0.1) is 11.8 Å². The van der Waals surface area contributed by atoms with E-state index in [1.54, 1.807) is 0 Å². The Morgan fingerprint density at radius 1 is 1.08 bits per heavy atom. The van der Waals surface area contributed by atoms with Crippen LogP contribution in [0.15, 0.2) is 30.6 Å². The molecule has 0 unspecified atom stereocenters. The molecule has 0 radical (unpaired) electrons. The zero-order chi connectivity index (χ0) is 26.5. The first-order valence-electron chi connectivity index (χ1n) is 12.8. The monoisotopic (exact) mass is 530 g/mol. The number of benzene rings is 1. The van der Waals surface area contributed by atoms with Gasteiger partial charge in [-0.2, -0.15) is 13.2 Å². The molecule has 0 bridgehead atoms. The summed E-state index contributed by atoms with van der Waals surface area (Å²) in [7, 11) is 0. The Morgan fingerprint density at radius 2 is 1.87 bits per heavy atom. The molecule has 12 heteroatoms. The number of anilines is 1. The van der Waals surface area contributed by atoms with Gasteiger partial charge in [0.1, 0.15) is 23.7 Å². The van der Waals surface area contributed by atoms with E-state index < -0.39 is 17.6 Å². The van der Waals surface area contributed by atoms with Crippen LogP contribution >= 0.6 is 0 Å². The van der Waals surface area contributed by atoms with Gasteiger partial charge in [-0.05, 0) is 42.9 Å². The molecule has 1 amide bonds. The first kappa shape index (κ1) is 26.1. The molecule has 2 fully saturated rings. The molecule has 0 atom stereocenters. The number of carbonyl (C=O) groups is 1. The van der Waals surface area contributed by atoms with Crippen molar-refractivity contribution < 1.29 is 27.4 Å². The predicted molar refractivity (Wildman–Crippen MR) is 132 cm³/mol. The van der Waals surface area contributed by atoms with E-state index >= 15 is 0 Å². The Labute approximate surface area is 217 Å². The van der Waals surface area contributed by atoms with E-state index in [0.29, 0.717) is 37.3 Å². The summed E-state index contributed by atoms with van der Waals surface area (Å²) >= 11 is 0. The van der Waals surface area contributed by atoms with E-state index in [1.165, 1.54) is 31.0 Å².